The lowest BCUT2D eigenvalue weighted by Gasteiger charge is -2.47. The average molecular weight is 356 g/mol. The van der Waals surface area contributed by atoms with Crippen molar-refractivity contribution in [2.45, 2.75) is 50.8 Å². The van der Waals surface area contributed by atoms with E-state index in [0.29, 0.717) is 45.3 Å². The molecule has 0 spiro atoms. The summed E-state index contributed by atoms with van der Waals surface area (Å²) < 4.78 is 11.1. The van der Waals surface area contributed by atoms with E-state index in [-0.39, 0.29) is 36.5 Å². The van der Waals surface area contributed by atoms with Crippen LogP contribution in [0.2, 0.25) is 0 Å². The van der Waals surface area contributed by atoms with Crippen molar-refractivity contribution in [1.82, 2.24) is 4.90 Å². The molecule has 1 aromatic carbocycles. The van der Waals surface area contributed by atoms with E-state index in [1.807, 2.05) is 30.3 Å². The lowest BCUT2D eigenvalue weighted by molar-refractivity contribution is -0.131. The summed E-state index contributed by atoms with van der Waals surface area (Å²) in [6, 6.07) is 11.4. The number of benzene rings is 1. The third kappa shape index (κ3) is 4.41. The molecule has 0 N–H and O–H groups in total. The Balaban J connectivity index is 1.57. The lowest BCUT2D eigenvalue weighted by atomic mass is 9.81. The van der Waals surface area contributed by atoms with Gasteiger partial charge >= 0.3 is 6.09 Å². The Hall–Kier alpha value is -2.39. The Morgan fingerprint density at radius 3 is 2.54 bits per heavy atom. The highest BCUT2D eigenvalue weighted by atomic mass is 16.6. The first-order chi connectivity index (χ1) is 12.7. The summed E-state index contributed by atoms with van der Waals surface area (Å²) >= 11 is 0. The number of unbranched alkanes of at least 4 members (excludes halogenated alkanes) is 1. The van der Waals surface area contributed by atoms with Crippen LogP contribution in [0.4, 0.5) is 4.79 Å². The van der Waals surface area contributed by atoms with Crippen molar-refractivity contribution in [1.29, 1.82) is 5.26 Å². The Bertz CT molecular complexity index is 656. The van der Waals surface area contributed by atoms with Crippen molar-refractivity contribution < 1.29 is 19.1 Å². The zero-order valence-electron chi connectivity index (χ0n) is 14.8. The summed E-state index contributed by atoms with van der Waals surface area (Å²) in [4.78, 5) is 26.8. The summed E-state index contributed by atoms with van der Waals surface area (Å²) in [7, 11) is 0. The first-order valence-corrected chi connectivity index (χ1v) is 9.15. The fourth-order valence-electron chi connectivity index (χ4n) is 3.82. The maximum atomic E-state index is 12.6. The van der Waals surface area contributed by atoms with Crippen LogP contribution in [0.3, 0.4) is 0 Å². The lowest BCUT2D eigenvalue weighted by Crippen LogP contribution is -2.59. The highest BCUT2D eigenvalue weighted by Gasteiger charge is 2.44. The van der Waals surface area contributed by atoms with E-state index in [4.69, 9.17) is 14.7 Å². The van der Waals surface area contributed by atoms with Crippen molar-refractivity contribution in [3.8, 4) is 6.07 Å². The number of ketones is 1. The first-order valence-electron chi connectivity index (χ1n) is 9.15. The molecule has 2 atom stereocenters. The number of nitriles is 1. The molecule has 6 heteroatoms. The van der Waals surface area contributed by atoms with Gasteiger partial charge in [0.05, 0.1) is 31.4 Å². The molecule has 26 heavy (non-hydrogen) atoms. The van der Waals surface area contributed by atoms with Gasteiger partial charge < -0.3 is 9.47 Å². The van der Waals surface area contributed by atoms with E-state index in [0.717, 1.165) is 5.56 Å². The van der Waals surface area contributed by atoms with E-state index in [1.165, 1.54) is 0 Å². The molecule has 6 nitrogen and oxygen atoms in total. The predicted octanol–water partition coefficient (Wildman–Crippen LogP) is 3.07. The third-order valence-electron chi connectivity index (χ3n) is 5.10. The minimum atomic E-state index is -0.331. The largest absolute Gasteiger partial charge is 0.445 e. The molecule has 2 heterocycles. The number of hydrogen-bond acceptors (Lipinski definition) is 5. The summed E-state index contributed by atoms with van der Waals surface area (Å²) in [5.41, 5.74) is 0.949. The van der Waals surface area contributed by atoms with Crippen LogP contribution in [0, 0.1) is 17.2 Å². The summed E-state index contributed by atoms with van der Waals surface area (Å²) in [5, 5.41) is 8.61. The Kier molecular flexibility index (Phi) is 6.24. The zero-order chi connectivity index (χ0) is 18.4. The average Bonchev–Trinajstić information content (AvgIpc) is 2.66. The van der Waals surface area contributed by atoms with Gasteiger partial charge in [0.2, 0.25) is 0 Å². The van der Waals surface area contributed by atoms with E-state index >= 15 is 0 Å². The molecule has 0 saturated carbocycles. The third-order valence-corrected chi connectivity index (χ3v) is 5.10. The van der Waals surface area contributed by atoms with Gasteiger partial charge in [0.25, 0.3) is 0 Å². The van der Waals surface area contributed by atoms with Gasteiger partial charge in [-0.05, 0) is 24.8 Å². The van der Waals surface area contributed by atoms with Crippen LogP contribution in [0.1, 0.15) is 37.7 Å². The minimum absolute atomic E-state index is 0.0502. The molecular formula is C20H24N2O4. The van der Waals surface area contributed by atoms with E-state index in [2.05, 4.69) is 6.07 Å². The molecule has 1 amide bonds. The summed E-state index contributed by atoms with van der Waals surface area (Å²) in [6.07, 6.45) is 2.36. The molecule has 0 radical (unpaired) electrons. The Morgan fingerprint density at radius 2 is 1.88 bits per heavy atom. The molecule has 2 aliphatic rings. The highest BCUT2D eigenvalue weighted by molar-refractivity contribution is 5.81. The molecule has 2 aliphatic heterocycles. The van der Waals surface area contributed by atoms with Gasteiger partial charge in [0.1, 0.15) is 12.4 Å². The van der Waals surface area contributed by atoms with Crippen molar-refractivity contribution in [2.24, 2.45) is 5.92 Å². The summed E-state index contributed by atoms with van der Waals surface area (Å²) in [5.74, 6) is 0.153. The van der Waals surface area contributed by atoms with Crippen molar-refractivity contribution in [2.75, 3.05) is 13.2 Å². The fraction of sp³-hybridized carbons (Fsp3) is 0.550. The quantitative estimate of drug-likeness (QED) is 0.732. The molecule has 138 valence electrons. The molecule has 1 aromatic rings. The molecule has 3 rings (SSSR count). The maximum Gasteiger partial charge on any atom is 0.410 e. The van der Waals surface area contributed by atoms with Gasteiger partial charge in [0, 0.05) is 18.8 Å². The smallest absolute Gasteiger partial charge is 0.410 e. The van der Waals surface area contributed by atoms with Crippen LogP contribution < -0.4 is 0 Å². The number of nitrogens with zero attached hydrogens (tertiary/aromatic N) is 2. The molecule has 2 fully saturated rings. The Labute approximate surface area is 153 Å². The molecular weight excluding hydrogens is 332 g/mol. The van der Waals surface area contributed by atoms with E-state index < -0.39 is 0 Å². The number of piperidine rings is 1. The number of Topliss-reactive ketones (excluding diaryl/α,β-unsaturated/α-hetero) is 1. The first kappa shape index (κ1) is 18.4. The van der Waals surface area contributed by atoms with Crippen molar-refractivity contribution >= 4 is 11.9 Å². The predicted molar refractivity (Wildman–Crippen MR) is 94.1 cm³/mol. The van der Waals surface area contributed by atoms with Crippen LogP contribution in [0.15, 0.2) is 30.3 Å². The highest BCUT2D eigenvalue weighted by Crippen LogP contribution is 2.33. The number of amides is 1. The number of morpholine rings is 1. The van der Waals surface area contributed by atoms with E-state index in [9.17, 15) is 9.59 Å². The second-order valence-electron chi connectivity index (χ2n) is 6.94. The number of fused-ring (bicyclic) bond motifs is 2. The molecule has 0 aliphatic carbocycles. The van der Waals surface area contributed by atoms with Crippen molar-refractivity contribution in [3.05, 3.63) is 35.9 Å². The standard InChI is InChI=1S/C20H24N2O4/c21-9-5-4-8-19(23)16-10-17-13-25-14-18(11-16)22(17)20(24)26-12-15-6-2-1-3-7-15/h1-3,6-7,16-18H,4-5,8,10-14H2. The van der Waals surface area contributed by atoms with Crippen LogP contribution in [0.5, 0.6) is 0 Å². The summed E-state index contributed by atoms with van der Waals surface area (Å²) in [6.45, 7) is 1.13. The second kappa shape index (κ2) is 8.81. The number of carbonyl (C=O) groups is 2. The van der Waals surface area contributed by atoms with Gasteiger partial charge in [-0.3, -0.25) is 9.69 Å². The van der Waals surface area contributed by atoms with Gasteiger partial charge in [-0.25, -0.2) is 4.79 Å². The number of ether oxygens (including phenoxy) is 2. The van der Waals surface area contributed by atoms with Crippen LogP contribution in [0.25, 0.3) is 0 Å². The van der Waals surface area contributed by atoms with Crippen LogP contribution in [-0.4, -0.2) is 42.1 Å². The number of hydrogen-bond donors (Lipinski definition) is 0. The van der Waals surface area contributed by atoms with Gasteiger partial charge in [-0.1, -0.05) is 30.3 Å². The normalized spacial score (nSPS) is 24.6. The molecule has 2 unspecified atom stereocenters. The zero-order valence-corrected chi connectivity index (χ0v) is 14.8. The Morgan fingerprint density at radius 1 is 1.19 bits per heavy atom. The van der Waals surface area contributed by atoms with Gasteiger partial charge in [0.15, 0.2) is 0 Å². The van der Waals surface area contributed by atoms with Crippen LogP contribution >= 0.6 is 0 Å². The van der Waals surface area contributed by atoms with Crippen LogP contribution in [-0.2, 0) is 20.9 Å². The number of rotatable bonds is 6. The van der Waals surface area contributed by atoms with Gasteiger partial charge in [-0.15, -0.1) is 0 Å². The molecule has 2 saturated heterocycles. The maximum absolute atomic E-state index is 12.6. The SMILES string of the molecule is N#CCCCC(=O)C1CC2COCC(C1)N2C(=O)OCc1ccccc1. The fourth-order valence-corrected chi connectivity index (χ4v) is 3.82. The van der Waals surface area contributed by atoms with Gasteiger partial charge in [-0.2, -0.15) is 5.26 Å². The molecule has 0 aromatic heterocycles. The minimum Gasteiger partial charge on any atom is -0.445 e. The van der Waals surface area contributed by atoms with Crippen molar-refractivity contribution in [3.63, 3.8) is 0 Å². The monoisotopic (exact) mass is 356 g/mol. The second-order valence-corrected chi connectivity index (χ2v) is 6.94. The number of carbonyl (C=O) groups excluding carboxylic acids is 2. The topological polar surface area (TPSA) is 79.6 Å². The van der Waals surface area contributed by atoms with E-state index in [1.54, 1.807) is 4.90 Å². The molecule has 2 bridgehead atoms.